The first-order valence-electron chi connectivity index (χ1n) is 8.01. The number of aryl methyl sites for hydroxylation is 2. The summed E-state index contributed by atoms with van der Waals surface area (Å²) in [7, 11) is 0. The quantitative estimate of drug-likeness (QED) is 0.806. The molecule has 0 radical (unpaired) electrons. The van der Waals surface area contributed by atoms with Crippen LogP contribution in [0.1, 0.15) is 37.2 Å². The van der Waals surface area contributed by atoms with Crippen molar-refractivity contribution < 1.29 is 0 Å². The van der Waals surface area contributed by atoms with Crippen molar-refractivity contribution in [3.05, 3.63) is 53.6 Å². The van der Waals surface area contributed by atoms with E-state index in [1.807, 2.05) is 6.20 Å². The normalized spacial score (nSPS) is 12.5. The summed E-state index contributed by atoms with van der Waals surface area (Å²) in [5, 5.41) is 3.60. The Morgan fingerprint density at radius 1 is 1.14 bits per heavy atom. The third kappa shape index (κ3) is 4.71. The summed E-state index contributed by atoms with van der Waals surface area (Å²) in [5.74, 6) is 1.19. The molecule has 114 valence electrons. The molecule has 1 aromatic carbocycles. The van der Waals surface area contributed by atoms with Crippen LogP contribution in [0.2, 0.25) is 0 Å². The molecule has 3 heteroatoms. The minimum absolute atomic E-state index is 0.440. The van der Waals surface area contributed by atoms with E-state index in [0.717, 1.165) is 32.4 Å². The maximum absolute atomic E-state index is 4.54. The Hall–Kier alpha value is -1.61. The molecular weight excluding hydrogens is 258 g/mol. The van der Waals surface area contributed by atoms with E-state index in [0.29, 0.717) is 6.04 Å². The Morgan fingerprint density at radius 2 is 1.90 bits per heavy atom. The Balaban J connectivity index is 2.04. The van der Waals surface area contributed by atoms with Gasteiger partial charge in [0.25, 0.3) is 0 Å². The predicted molar refractivity (Wildman–Crippen MR) is 88.6 cm³/mol. The molecule has 1 heterocycles. The average molecular weight is 285 g/mol. The lowest BCUT2D eigenvalue weighted by Crippen LogP contribution is -2.34. The second kappa shape index (κ2) is 7.99. The monoisotopic (exact) mass is 285 g/mol. The fourth-order valence-corrected chi connectivity index (χ4v) is 2.71. The van der Waals surface area contributed by atoms with E-state index >= 15 is 0 Å². The Bertz CT molecular complexity index is 528. The van der Waals surface area contributed by atoms with Crippen LogP contribution in [0.3, 0.4) is 0 Å². The highest BCUT2D eigenvalue weighted by Crippen LogP contribution is 2.10. The van der Waals surface area contributed by atoms with E-state index in [1.165, 1.54) is 17.0 Å². The van der Waals surface area contributed by atoms with Crippen molar-refractivity contribution >= 4 is 0 Å². The van der Waals surface area contributed by atoms with Gasteiger partial charge in [-0.25, -0.2) is 4.98 Å². The lowest BCUT2D eigenvalue weighted by molar-refractivity contribution is 0.495. The van der Waals surface area contributed by atoms with E-state index in [2.05, 4.69) is 66.1 Å². The van der Waals surface area contributed by atoms with Crippen molar-refractivity contribution in [3.8, 4) is 0 Å². The van der Waals surface area contributed by atoms with Gasteiger partial charge in [-0.05, 0) is 31.9 Å². The van der Waals surface area contributed by atoms with Gasteiger partial charge in [-0.15, -0.1) is 0 Å². The molecule has 0 bridgehead atoms. The number of likely N-dealkylation sites (N-methyl/N-ethyl adjacent to an activating group) is 1. The fourth-order valence-electron chi connectivity index (χ4n) is 2.71. The first kappa shape index (κ1) is 15.8. The number of hydrogen-bond donors (Lipinski definition) is 1. The van der Waals surface area contributed by atoms with Crippen LogP contribution in [0.15, 0.2) is 36.7 Å². The highest BCUT2D eigenvalue weighted by molar-refractivity contribution is 5.22. The third-order valence-corrected chi connectivity index (χ3v) is 3.79. The molecule has 0 aliphatic rings. The summed E-state index contributed by atoms with van der Waals surface area (Å²) in [6, 6.07) is 9.29. The predicted octanol–water partition coefficient (Wildman–Crippen LogP) is 3.36. The summed E-state index contributed by atoms with van der Waals surface area (Å²) in [6.07, 6.45) is 7.18. The average Bonchev–Trinajstić information content (AvgIpc) is 2.89. The molecule has 0 saturated carbocycles. The van der Waals surface area contributed by atoms with Crippen LogP contribution in [-0.2, 0) is 19.4 Å². The molecule has 21 heavy (non-hydrogen) atoms. The van der Waals surface area contributed by atoms with E-state index in [1.54, 1.807) is 0 Å². The largest absolute Gasteiger partial charge is 0.335 e. The summed E-state index contributed by atoms with van der Waals surface area (Å²) in [6.45, 7) is 8.55. The second-order valence-electron chi connectivity index (χ2n) is 5.69. The standard InChI is InChI=1S/C18H27N3/c1-4-11-21-12-10-20-18(21)14-17(19-5-2)13-16-8-6-15(3)7-9-16/h6-10,12,17,19H,4-5,11,13-14H2,1-3H3. The third-order valence-electron chi connectivity index (χ3n) is 3.79. The van der Waals surface area contributed by atoms with Crippen molar-refractivity contribution in [1.29, 1.82) is 0 Å². The van der Waals surface area contributed by atoms with Crippen LogP contribution in [0.4, 0.5) is 0 Å². The Labute approximate surface area is 128 Å². The zero-order valence-corrected chi connectivity index (χ0v) is 13.5. The zero-order chi connectivity index (χ0) is 15.1. The van der Waals surface area contributed by atoms with Crippen LogP contribution >= 0.6 is 0 Å². The topological polar surface area (TPSA) is 29.9 Å². The van der Waals surface area contributed by atoms with Gasteiger partial charge in [0.1, 0.15) is 5.82 Å². The molecule has 1 aromatic heterocycles. The maximum atomic E-state index is 4.54. The van der Waals surface area contributed by atoms with Gasteiger partial charge in [0.15, 0.2) is 0 Å². The summed E-state index contributed by atoms with van der Waals surface area (Å²) in [4.78, 5) is 4.54. The number of rotatable bonds is 8. The number of imidazole rings is 1. The summed E-state index contributed by atoms with van der Waals surface area (Å²) >= 11 is 0. The molecule has 3 nitrogen and oxygen atoms in total. The fraction of sp³-hybridized carbons (Fsp3) is 0.500. The van der Waals surface area contributed by atoms with Crippen LogP contribution in [0, 0.1) is 6.92 Å². The van der Waals surface area contributed by atoms with Gasteiger partial charge in [0.2, 0.25) is 0 Å². The molecule has 0 amide bonds. The molecule has 2 aromatic rings. The van der Waals surface area contributed by atoms with Crippen LogP contribution < -0.4 is 5.32 Å². The molecule has 1 unspecified atom stereocenters. The molecule has 1 N–H and O–H groups in total. The van der Waals surface area contributed by atoms with E-state index in [9.17, 15) is 0 Å². The van der Waals surface area contributed by atoms with Crippen molar-refractivity contribution in [2.75, 3.05) is 6.54 Å². The van der Waals surface area contributed by atoms with Gasteiger partial charge in [-0.1, -0.05) is 43.7 Å². The zero-order valence-electron chi connectivity index (χ0n) is 13.5. The lowest BCUT2D eigenvalue weighted by atomic mass is 10.0. The molecule has 0 aliphatic carbocycles. The van der Waals surface area contributed by atoms with Gasteiger partial charge >= 0.3 is 0 Å². The van der Waals surface area contributed by atoms with E-state index < -0.39 is 0 Å². The summed E-state index contributed by atoms with van der Waals surface area (Å²) < 4.78 is 2.28. The molecule has 2 rings (SSSR count). The van der Waals surface area contributed by atoms with Gasteiger partial charge in [-0.3, -0.25) is 0 Å². The Morgan fingerprint density at radius 3 is 2.57 bits per heavy atom. The molecular formula is C18H27N3. The SMILES string of the molecule is CCCn1ccnc1CC(Cc1ccc(C)cc1)NCC. The number of nitrogens with zero attached hydrogens (tertiary/aromatic N) is 2. The second-order valence-corrected chi connectivity index (χ2v) is 5.69. The van der Waals surface area contributed by atoms with Crippen molar-refractivity contribution in [2.45, 2.75) is 52.6 Å². The van der Waals surface area contributed by atoms with Crippen LogP contribution in [0.25, 0.3) is 0 Å². The van der Waals surface area contributed by atoms with Gasteiger partial charge in [0, 0.05) is 31.4 Å². The summed E-state index contributed by atoms with van der Waals surface area (Å²) in [5.41, 5.74) is 2.71. The first-order valence-corrected chi connectivity index (χ1v) is 8.01. The Kier molecular flexibility index (Phi) is 6.00. The van der Waals surface area contributed by atoms with Crippen molar-refractivity contribution in [1.82, 2.24) is 14.9 Å². The van der Waals surface area contributed by atoms with Gasteiger partial charge < -0.3 is 9.88 Å². The van der Waals surface area contributed by atoms with Crippen LogP contribution in [-0.4, -0.2) is 22.1 Å². The maximum Gasteiger partial charge on any atom is 0.110 e. The van der Waals surface area contributed by atoms with Crippen molar-refractivity contribution in [3.63, 3.8) is 0 Å². The molecule has 0 spiro atoms. The van der Waals surface area contributed by atoms with E-state index in [-0.39, 0.29) is 0 Å². The molecule has 0 saturated heterocycles. The van der Waals surface area contributed by atoms with Gasteiger partial charge in [0.05, 0.1) is 0 Å². The van der Waals surface area contributed by atoms with Crippen LogP contribution in [0.5, 0.6) is 0 Å². The minimum atomic E-state index is 0.440. The number of hydrogen-bond acceptors (Lipinski definition) is 2. The smallest absolute Gasteiger partial charge is 0.110 e. The number of benzene rings is 1. The first-order chi connectivity index (χ1) is 10.2. The highest BCUT2D eigenvalue weighted by Gasteiger charge is 2.13. The molecule has 1 atom stereocenters. The molecule has 0 aliphatic heterocycles. The number of aromatic nitrogens is 2. The highest BCUT2D eigenvalue weighted by atomic mass is 15.1. The number of nitrogens with one attached hydrogen (secondary N) is 1. The van der Waals surface area contributed by atoms with Crippen molar-refractivity contribution in [2.24, 2.45) is 0 Å². The molecule has 0 fully saturated rings. The minimum Gasteiger partial charge on any atom is -0.335 e. The lowest BCUT2D eigenvalue weighted by Gasteiger charge is -2.18. The van der Waals surface area contributed by atoms with Gasteiger partial charge in [-0.2, -0.15) is 0 Å². The van der Waals surface area contributed by atoms with E-state index in [4.69, 9.17) is 0 Å².